The lowest BCUT2D eigenvalue weighted by Gasteiger charge is -2.11. The van der Waals surface area contributed by atoms with Crippen molar-refractivity contribution in [2.75, 3.05) is 11.9 Å². The topological polar surface area (TPSA) is 64.4 Å². The molecule has 5 nitrogen and oxygen atoms in total. The molecule has 0 spiro atoms. The fourth-order valence-corrected chi connectivity index (χ4v) is 3.35. The van der Waals surface area contributed by atoms with Crippen molar-refractivity contribution in [3.63, 3.8) is 0 Å². The first-order valence-corrected chi connectivity index (χ1v) is 9.66. The van der Waals surface area contributed by atoms with Crippen molar-refractivity contribution in [3.05, 3.63) is 75.7 Å². The molecule has 0 aliphatic carbocycles. The highest BCUT2D eigenvalue weighted by molar-refractivity contribution is 6.35. The van der Waals surface area contributed by atoms with Crippen LogP contribution >= 0.6 is 34.8 Å². The number of ether oxygens (including phenoxy) is 1. The molecule has 3 aromatic carbocycles. The Hall–Kier alpha value is -2.73. The van der Waals surface area contributed by atoms with Crippen LogP contribution in [0, 0.1) is 0 Å². The van der Waals surface area contributed by atoms with Crippen LogP contribution in [-0.4, -0.2) is 17.5 Å². The quantitative estimate of drug-likeness (QED) is 0.381. The number of amides is 1. The fourth-order valence-electron chi connectivity index (χ4n) is 2.72. The normalized spacial score (nSPS) is 10.9. The van der Waals surface area contributed by atoms with Gasteiger partial charge in [0.15, 0.2) is 12.2 Å². The second kappa shape index (κ2) is 8.33. The molecule has 0 fully saturated rings. The third-order valence-electron chi connectivity index (χ3n) is 4.03. The predicted octanol–water partition coefficient (Wildman–Crippen LogP) is 6.47. The number of fused-ring (bicyclic) bond motifs is 1. The lowest BCUT2D eigenvalue weighted by atomic mass is 10.1. The highest BCUT2D eigenvalue weighted by Gasteiger charge is 2.15. The first kappa shape index (κ1) is 19.6. The number of aromatic nitrogens is 1. The molecule has 29 heavy (non-hydrogen) atoms. The Morgan fingerprint density at radius 2 is 1.76 bits per heavy atom. The Labute approximate surface area is 181 Å². The second-order valence-corrected chi connectivity index (χ2v) is 7.37. The van der Waals surface area contributed by atoms with Crippen LogP contribution in [0.3, 0.4) is 0 Å². The summed E-state index contributed by atoms with van der Waals surface area (Å²) >= 11 is 17.9. The van der Waals surface area contributed by atoms with Gasteiger partial charge >= 0.3 is 0 Å². The summed E-state index contributed by atoms with van der Waals surface area (Å²) in [6, 6.07) is 17.2. The molecule has 4 rings (SSSR count). The minimum atomic E-state index is -0.359. The zero-order chi connectivity index (χ0) is 20.4. The number of carbonyl (C=O) groups is 1. The number of halogens is 3. The van der Waals surface area contributed by atoms with E-state index in [4.69, 9.17) is 44.0 Å². The third kappa shape index (κ3) is 4.48. The van der Waals surface area contributed by atoms with Gasteiger partial charge in [0, 0.05) is 10.0 Å². The standard InChI is InChI=1S/C21H13Cl3N2O3/c22-12-5-7-18(15(24)9-12)28-11-20(27)25-16-4-2-1-3-14(16)21-26-17-10-13(23)6-8-19(17)29-21/h1-10H,11H2,(H,25,27). The maximum Gasteiger partial charge on any atom is 0.262 e. The summed E-state index contributed by atoms with van der Waals surface area (Å²) in [5.41, 5.74) is 2.42. The number of benzene rings is 3. The van der Waals surface area contributed by atoms with Crippen molar-refractivity contribution >= 4 is 57.5 Å². The maximum absolute atomic E-state index is 12.4. The number of oxazole rings is 1. The van der Waals surface area contributed by atoms with Crippen LogP contribution in [0.5, 0.6) is 5.75 Å². The van der Waals surface area contributed by atoms with Gasteiger partial charge in [-0.05, 0) is 48.5 Å². The van der Waals surface area contributed by atoms with Crippen molar-refractivity contribution in [1.82, 2.24) is 4.98 Å². The Bertz CT molecular complexity index is 1210. The molecular formula is C21H13Cl3N2O3. The molecule has 0 aliphatic rings. The highest BCUT2D eigenvalue weighted by atomic mass is 35.5. The third-order valence-corrected chi connectivity index (χ3v) is 4.80. The van der Waals surface area contributed by atoms with Crippen molar-refractivity contribution in [1.29, 1.82) is 0 Å². The highest BCUT2D eigenvalue weighted by Crippen LogP contribution is 2.31. The van der Waals surface area contributed by atoms with E-state index in [9.17, 15) is 4.79 Å². The summed E-state index contributed by atoms with van der Waals surface area (Å²) in [7, 11) is 0. The smallest absolute Gasteiger partial charge is 0.262 e. The van der Waals surface area contributed by atoms with E-state index < -0.39 is 0 Å². The van der Waals surface area contributed by atoms with Crippen LogP contribution in [0.25, 0.3) is 22.6 Å². The predicted molar refractivity (Wildman–Crippen MR) is 115 cm³/mol. The Morgan fingerprint density at radius 1 is 1.00 bits per heavy atom. The van der Waals surface area contributed by atoms with Crippen LogP contribution in [0.15, 0.2) is 65.1 Å². The van der Waals surface area contributed by atoms with Crippen molar-refractivity contribution < 1.29 is 13.9 Å². The largest absolute Gasteiger partial charge is 0.482 e. The van der Waals surface area contributed by atoms with E-state index in [0.29, 0.717) is 49.1 Å². The van der Waals surface area contributed by atoms with Crippen molar-refractivity contribution in [2.45, 2.75) is 0 Å². The van der Waals surface area contributed by atoms with Crippen LogP contribution in [0.1, 0.15) is 0 Å². The summed E-state index contributed by atoms with van der Waals surface area (Å²) in [4.78, 5) is 16.9. The molecule has 0 atom stereocenters. The molecule has 1 amide bonds. The average Bonchev–Trinajstić information content (AvgIpc) is 3.10. The summed E-state index contributed by atoms with van der Waals surface area (Å²) in [6.07, 6.45) is 0. The van der Waals surface area contributed by atoms with E-state index >= 15 is 0 Å². The second-order valence-electron chi connectivity index (χ2n) is 6.09. The van der Waals surface area contributed by atoms with Crippen molar-refractivity contribution in [2.24, 2.45) is 0 Å². The fraction of sp³-hybridized carbons (Fsp3) is 0.0476. The van der Waals surface area contributed by atoms with Gasteiger partial charge in [0.25, 0.3) is 5.91 Å². The van der Waals surface area contributed by atoms with Gasteiger partial charge < -0.3 is 14.5 Å². The number of rotatable bonds is 5. The Kier molecular flexibility index (Phi) is 5.62. The van der Waals surface area contributed by atoms with Gasteiger partial charge in [-0.15, -0.1) is 0 Å². The number of anilines is 1. The molecule has 146 valence electrons. The number of nitrogens with zero attached hydrogens (tertiary/aromatic N) is 1. The summed E-state index contributed by atoms with van der Waals surface area (Å²) in [6.45, 7) is -0.223. The molecule has 0 radical (unpaired) electrons. The van der Waals surface area contributed by atoms with Gasteiger partial charge in [0.05, 0.1) is 16.3 Å². The molecule has 1 aromatic heterocycles. The van der Waals surface area contributed by atoms with Crippen LogP contribution in [0.4, 0.5) is 5.69 Å². The lowest BCUT2D eigenvalue weighted by Crippen LogP contribution is -2.20. The summed E-state index contributed by atoms with van der Waals surface area (Å²) in [5, 5.41) is 4.19. The monoisotopic (exact) mass is 446 g/mol. The molecule has 1 N–H and O–H groups in total. The van der Waals surface area contributed by atoms with Crippen molar-refractivity contribution in [3.8, 4) is 17.2 Å². The first-order valence-electron chi connectivity index (χ1n) is 8.53. The van der Waals surface area contributed by atoms with Gasteiger partial charge in [0.1, 0.15) is 11.3 Å². The van der Waals surface area contributed by atoms with E-state index in [1.165, 1.54) is 0 Å². The number of carbonyl (C=O) groups excluding carboxylic acids is 1. The summed E-state index contributed by atoms with van der Waals surface area (Å²) < 4.78 is 11.3. The van der Waals surface area contributed by atoms with Gasteiger partial charge in [-0.25, -0.2) is 4.98 Å². The number of para-hydroxylation sites is 1. The van der Waals surface area contributed by atoms with Gasteiger partial charge in [-0.1, -0.05) is 46.9 Å². The van der Waals surface area contributed by atoms with Crippen LogP contribution < -0.4 is 10.1 Å². The lowest BCUT2D eigenvalue weighted by molar-refractivity contribution is -0.118. The molecule has 4 aromatic rings. The molecule has 0 saturated carbocycles. The SMILES string of the molecule is O=C(COc1ccc(Cl)cc1Cl)Nc1ccccc1-c1nc2cc(Cl)ccc2o1. The van der Waals surface area contributed by atoms with E-state index in [1.54, 1.807) is 54.6 Å². The van der Waals surface area contributed by atoms with Gasteiger partial charge in [-0.3, -0.25) is 4.79 Å². The molecule has 0 aliphatic heterocycles. The molecular weight excluding hydrogens is 435 g/mol. The van der Waals surface area contributed by atoms with Crippen LogP contribution in [0.2, 0.25) is 15.1 Å². The van der Waals surface area contributed by atoms with E-state index in [0.717, 1.165) is 0 Å². The van der Waals surface area contributed by atoms with E-state index in [2.05, 4.69) is 10.3 Å². The number of nitrogens with one attached hydrogen (secondary N) is 1. The minimum absolute atomic E-state index is 0.223. The molecule has 8 heteroatoms. The Balaban J connectivity index is 1.52. The van der Waals surface area contributed by atoms with E-state index in [1.807, 2.05) is 6.07 Å². The molecule has 0 unspecified atom stereocenters. The van der Waals surface area contributed by atoms with Gasteiger partial charge in [-0.2, -0.15) is 0 Å². The number of hydrogen-bond donors (Lipinski definition) is 1. The molecule has 0 bridgehead atoms. The average molecular weight is 448 g/mol. The van der Waals surface area contributed by atoms with Crippen LogP contribution in [-0.2, 0) is 4.79 Å². The van der Waals surface area contributed by atoms with Gasteiger partial charge in [0.2, 0.25) is 5.89 Å². The zero-order valence-corrected chi connectivity index (χ0v) is 17.1. The maximum atomic E-state index is 12.4. The number of hydrogen-bond acceptors (Lipinski definition) is 4. The van der Waals surface area contributed by atoms with E-state index in [-0.39, 0.29) is 12.5 Å². The zero-order valence-electron chi connectivity index (χ0n) is 14.8. The molecule has 1 heterocycles. The minimum Gasteiger partial charge on any atom is -0.482 e. The Morgan fingerprint density at radius 3 is 2.59 bits per heavy atom. The summed E-state index contributed by atoms with van der Waals surface area (Å²) in [5.74, 6) is 0.387. The molecule has 0 saturated heterocycles. The first-order chi connectivity index (χ1) is 14.0.